The van der Waals surface area contributed by atoms with Gasteiger partial charge >= 0.3 is 0 Å². The van der Waals surface area contributed by atoms with Crippen LogP contribution in [-0.2, 0) is 0 Å². The summed E-state index contributed by atoms with van der Waals surface area (Å²) >= 11 is 7.20. The van der Waals surface area contributed by atoms with E-state index in [1.54, 1.807) is 0 Å². The van der Waals surface area contributed by atoms with Crippen LogP contribution in [0.2, 0.25) is 17.6 Å². The Bertz CT molecular complexity index is 266. The van der Waals surface area contributed by atoms with Crippen molar-refractivity contribution in [3.8, 4) is 0 Å². The van der Waals surface area contributed by atoms with Crippen LogP contribution in [0.5, 0.6) is 0 Å². The molecule has 3 atom stereocenters. The third-order valence-electron chi connectivity index (χ3n) is 4.84. The third kappa shape index (κ3) is 2.98. The van der Waals surface area contributed by atoms with Gasteiger partial charge in [-0.05, 0) is 42.3 Å². The van der Waals surface area contributed by atoms with Crippen molar-refractivity contribution in [3.05, 3.63) is 12.2 Å². The first-order valence-corrected chi connectivity index (χ1v) is 11.1. The number of unbranched alkanes of at least 4 members (excludes halogenated alkanes) is 2. The number of hydrogen-bond donors (Lipinski definition) is 0. The van der Waals surface area contributed by atoms with E-state index in [0.717, 1.165) is 17.4 Å². The van der Waals surface area contributed by atoms with Crippen LogP contribution in [0.15, 0.2) is 12.2 Å². The molecule has 0 heterocycles. The SMILES string of the molecule is CCCC[Si](Cl)(CCCC)C1CC2C=CC1C2. The maximum atomic E-state index is 7.20. The molecule has 0 saturated heterocycles. The minimum absolute atomic E-state index is 0.859. The van der Waals surface area contributed by atoms with Gasteiger partial charge in [-0.2, -0.15) is 11.1 Å². The monoisotopic (exact) mass is 270 g/mol. The van der Waals surface area contributed by atoms with Crippen LogP contribution in [-0.4, -0.2) is 7.38 Å². The number of hydrogen-bond acceptors (Lipinski definition) is 0. The van der Waals surface area contributed by atoms with Crippen LogP contribution in [0, 0.1) is 11.8 Å². The summed E-state index contributed by atoms with van der Waals surface area (Å²) in [4.78, 5) is 0. The smallest absolute Gasteiger partial charge is 0.160 e. The Labute approximate surface area is 113 Å². The topological polar surface area (TPSA) is 0 Å². The zero-order chi connectivity index (χ0) is 12.3. The normalized spacial score (nSPS) is 31.4. The fourth-order valence-corrected chi connectivity index (χ4v) is 9.98. The van der Waals surface area contributed by atoms with Crippen molar-refractivity contribution >= 4 is 18.5 Å². The maximum absolute atomic E-state index is 7.20. The molecule has 0 nitrogen and oxygen atoms in total. The van der Waals surface area contributed by atoms with Gasteiger partial charge in [0.15, 0.2) is 7.38 Å². The van der Waals surface area contributed by atoms with Gasteiger partial charge in [0, 0.05) is 0 Å². The van der Waals surface area contributed by atoms with E-state index in [-0.39, 0.29) is 0 Å². The molecule has 98 valence electrons. The molecule has 2 heteroatoms. The number of fused-ring (bicyclic) bond motifs is 2. The lowest BCUT2D eigenvalue weighted by molar-refractivity contribution is 0.660. The van der Waals surface area contributed by atoms with Crippen molar-refractivity contribution in [2.24, 2.45) is 11.8 Å². The zero-order valence-electron chi connectivity index (χ0n) is 11.4. The van der Waals surface area contributed by atoms with E-state index < -0.39 is 7.38 Å². The average Bonchev–Trinajstić information content (AvgIpc) is 2.96. The molecule has 0 aromatic carbocycles. The largest absolute Gasteiger partial charge is 0.167 e. The number of allylic oxidation sites excluding steroid dienone is 2. The first-order chi connectivity index (χ1) is 8.19. The molecule has 0 aromatic heterocycles. The maximum Gasteiger partial charge on any atom is 0.160 e. The molecule has 1 fully saturated rings. The summed E-state index contributed by atoms with van der Waals surface area (Å²) in [6.07, 6.45) is 13.1. The lowest BCUT2D eigenvalue weighted by atomic mass is 10.1. The second-order valence-corrected chi connectivity index (χ2v) is 12.2. The highest BCUT2D eigenvalue weighted by Gasteiger charge is 2.48. The molecule has 0 N–H and O–H groups in total. The Morgan fingerprint density at radius 3 is 2.12 bits per heavy atom. The van der Waals surface area contributed by atoms with Crippen LogP contribution in [0.4, 0.5) is 0 Å². The summed E-state index contributed by atoms with van der Waals surface area (Å²) in [5.41, 5.74) is 0.900. The summed E-state index contributed by atoms with van der Waals surface area (Å²) in [5, 5.41) is 0. The molecule has 0 aromatic rings. The Morgan fingerprint density at radius 2 is 1.71 bits per heavy atom. The molecule has 0 spiro atoms. The Morgan fingerprint density at radius 1 is 1.06 bits per heavy atom. The van der Waals surface area contributed by atoms with E-state index in [1.807, 2.05) is 0 Å². The van der Waals surface area contributed by atoms with Crippen LogP contribution in [0.1, 0.15) is 52.4 Å². The first kappa shape index (κ1) is 13.7. The van der Waals surface area contributed by atoms with Gasteiger partial charge in [-0.1, -0.05) is 51.7 Å². The predicted octanol–water partition coefficient (Wildman–Crippen LogP) is 5.74. The summed E-state index contributed by atoms with van der Waals surface area (Å²) in [5.74, 6) is 1.75. The van der Waals surface area contributed by atoms with Crippen molar-refractivity contribution in [2.75, 3.05) is 0 Å². The van der Waals surface area contributed by atoms with Crippen LogP contribution in [0.25, 0.3) is 0 Å². The van der Waals surface area contributed by atoms with Gasteiger partial charge in [0.1, 0.15) is 0 Å². The van der Waals surface area contributed by atoms with Gasteiger partial charge in [-0.25, -0.2) is 0 Å². The van der Waals surface area contributed by atoms with Crippen LogP contribution in [0.3, 0.4) is 0 Å². The van der Waals surface area contributed by atoms with E-state index in [4.69, 9.17) is 11.1 Å². The molecule has 1 saturated carbocycles. The molecular weight excluding hydrogens is 244 g/mol. The molecular formula is C15H27ClSi. The van der Waals surface area contributed by atoms with Crippen molar-refractivity contribution in [1.82, 2.24) is 0 Å². The van der Waals surface area contributed by atoms with Gasteiger partial charge < -0.3 is 0 Å². The summed E-state index contributed by atoms with van der Waals surface area (Å²) in [6, 6.07) is 2.74. The Hall–Kier alpha value is 0.247. The molecule has 0 amide bonds. The highest BCUT2D eigenvalue weighted by Crippen LogP contribution is 2.55. The molecule has 0 aliphatic heterocycles. The highest BCUT2D eigenvalue weighted by molar-refractivity contribution is 7.21. The lowest BCUT2D eigenvalue weighted by Crippen LogP contribution is -2.35. The fourth-order valence-electron chi connectivity index (χ4n) is 3.81. The minimum Gasteiger partial charge on any atom is -0.167 e. The summed E-state index contributed by atoms with van der Waals surface area (Å²) in [6.45, 7) is 4.60. The summed E-state index contributed by atoms with van der Waals surface area (Å²) < 4.78 is 0. The first-order valence-electron chi connectivity index (χ1n) is 7.57. The van der Waals surface area contributed by atoms with Gasteiger partial charge in [0.25, 0.3) is 0 Å². The number of rotatable bonds is 7. The van der Waals surface area contributed by atoms with Crippen LogP contribution < -0.4 is 0 Å². The predicted molar refractivity (Wildman–Crippen MR) is 80.1 cm³/mol. The molecule has 0 radical (unpaired) electrons. The quantitative estimate of drug-likeness (QED) is 0.314. The van der Waals surface area contributed by atoms with Crippen molar-refractivity contribution < 1.29 is 0 Å². The average molecular weight is 271 g/mol. The molecule has 3 unspecified atom stereocenters. The lowest BCUT2D eigenvalue weighted by Gasteiger charge is -2.35. The van der Waals surface area contributed by atoms with Gasteiger partial charge in [-0.15, -0.1) is 0 Å². The van der Waals surface area contributed by atoms with Crippen LogP contribution >= 0.6 is 11.1 Å². The van der Waals surface area contributed by atoms with Crippen molar-refractivity contribution in [2.45, 2.75) is 70.0 Å². The molecule has 2 aliphatic carbocycles. The molecule has 2 rings (SSSR count). The van der Waals surface area contributed by atoms with E-state index in [2.05, 4.69) is 26.0 Å². The van der Waals surface area contributed by atoms with Crippen molar-refractivity contribution in [1.29, 1.82) is 0 Å². The standard InChI is InChI=1S/C15H27ClSi/c1-3-5-9-17(16,10-6-4-2)15-12-13-7-8-14(15)11-13/h7-8,13-15H,3-6,9-12H2,1-2H3. The summed E-state index contributed by atoms with van der Waals surface area (Å²) in [7, 11) is -1.49. The second-order valence-electron chi connectivity index (χ2n) is 6.13. The van der Waals surface area contributed by atoms with E-state index in [0.29, 0.717) is 0 Å². The zero-order valence-corrected chi connectivity index (χ0v) is 13.2. The molecule has 2 aliphatic rings. The highest BCUT2D eigenvalue weighted by atomic mass is 35.6. The van der Waals surface area contributed by atoms with Gasteiger partial charge in [0.05, 0.1) is 0 Å². The van der Waals surface area contributed by atoms with Gasteiger partial charge in [-0.3, -0.25) is 0 Å². The van der Waals surface area contributed by atoms with E-state index in [1.165, 1.54) is 50.6 Å². The van der Waals surface area contributed by atoms with E-state index in [9.17, 15) is 0 Å². The number of halogens is 1. The fraction of sp³-hybridized carbons (Fsp3) is 0.867. The third-order valence-corrected chi connectivity index (χ3v) is 11.2. The van der Waals surface area contributed by atoms with Gasteiger partial charge in [0.2, 0.25) is 0 Å². The van der Waals surface area contributed by atoms with E-state index >= 15 is 0 Å². The molecule has 17 heavy (non-hydrogen) atoms. The second kappa shape index (κ2) is 5.93. The molecule has 2 bridgehead atoms. The Kier molecular flexibility index (Phi) is 4.77. The minimum atomic E-state index is -1.49. The Balaban J connectivity index is 2.01. The van der Waals surface area contributed by atoms with Crippen molar-refractivity contribution in [3.63, 3.8) is 0 Å².